The molecule has 0 atom stereocenters. The van der Waals surface area contributed by atoms with Gasteiger partial charge in [-0.05, 0) is 0 Å². The van der Waals surface area contributed by atoms with Gasteiger partial charge in [0.2, 0.25) is 0 Å². The van der Waals surface area contributed by atoms with Gasteiger partial charge in [-0.1, -0.05) is 0 Å². The van der Waals surface area contributed by atoms with E-state index in [9.17, 15) is 0 Å². The average molecular weight is 674 g/mol. The zero-order valence-electron chi connectivity index (χ0n) is 26.5. The van der Waals surface area contributed by atoms with Gasteiger partial charge in [-0.3, -0.25) is 0 Å². The Morgan fingerprint density at radius 2 is 0.812 bits per heavy atom. The Morgan fingerprint density at radius 3 is 1.38 bits per heavy atom. The van der Waals surface area contributed by atoms with Crippen LogP contribution in [0.4, 0.5) is 0 Å². The van der Waals surface area contributed by atoms with Gasteiger partial charge in [0.1, 0.15) is 0 Å². The summed E-state index contributed by atoms with van der Waals surface area (Å²) in [6.45, 7) is 2.27. The Hall–Kier alpha value is -5.46. The van der Waals surface area contributed by atoms with Gasteiger partial charge in [-0.25, -0.2) is 0 Å². The third-order valence-corrected chi connectivity index (χ3v) is 12.6. The second kappa shape index (κ2) is 10.8. The maximum absolute atomic E-state index is 2.50. The molecule has 1 heterocycles. The summed E-state index contributed by atoms with van der Waals surface area (Å²) in [5, 5.41) is 13.3. The van der Waals surface area contributed by atoms with Crippen molar-refractivity contribution in [3.63, 3.8) is 0 Å². The minimum absolute atomic E-state index is 0.247. The van der Waals surface area contributed by atoms with E-state index in [0.29, 0.717) is 0 Å². The fourth-order valence-corrected chi connectivity index (χ4v) is 10.5. The molecule has 9 aromatic carbocycles. The van der Waals surface area contributed by atoms with Gasteiger partial charge in [0.25, 0.3) is 0 Å². The molecule has 0 amide bonds. The molecule has 0 aliphatic heterocycles. The van der Waals surface area contributed by atoms with Crippen molar-refractivity contribution in [2.24, 2.45) is 0 Å². The fourth-order valence-electron chi connectivity index (χ4n) is 8.18. The van der Waals surface area contributed by atoms with Gasteiger partial charge >= 0.3 is 287 Å². The van der Waals surface area contributed by atoms with Crippen LogP contribution in [-0.2, 0) is 0 Å². The molecule has 0 aliphatic rings. The van der Waals surface area contributed by atoms with Crippen molar-refractivity contribution in [1.82, 2.24) is 0 Å². The summed E-state index contributed by atoms with van der Waals surface area (Å²) in [5.41, 5.74) is 9.19. The maximum atomic E-state index is 2.50. The Kier molecular flexibility index (Phi) is 6.21. The molecule has 0 N–H and O–H groups in total. The Labute approximate surface area is 285 Å². The third-order valence-electron chi connectivity index (χ3n) is 10.2. The van der Waals surface area contributed by atoms with Crippen LogP contribution in [-0.4, -0.2) is 14.5 Å². The second-order valence-corrected chi connectivity index (χ2v) is 15.1. The fraction of sp³-hybridized carbons (Fsp3) is 0.0213. The summed E-state index contributed by atoms with van der Waals surface area (Å²) in [7, 11) is 0. The van der Waals surface area contributed by atoms with Crippen molar-refractivity contribution in [3.05, 3.63) is 169 Å². The first-order valence-corrected chi connectivity index (χ1v) is 18.3. The van der Waals surface area contributed by atoms with E-state index in [0.717, 1.165) is 0 Å². The van der Waals surface area contributed by atoms with E-state index in [4.69, 9.17) is 0 Å². The van der Waals surface area contributed by atoms with Gasteiger partial charge in [0, 0.05) is 0 Å². The monoisotopic (exact) mass is 674 g/mol. The van der Waals surface area contributed by atoms with E-state index >= 15 is 0 Å². The molecule has 0 aliphatic carbocycles. The molecular weight excluding hydrogens is 643 g/mol. The van der Waals surface area contributed by atoms with Crippen molar-refractivity contribution in [2.45, 2.75) is 6.92 Å². The number of aryl methyl sites for hydroxylation is 1. The molecule has 1 aromatic heterocycles. The summed E-state index contributed by atoms with van der Waals surface area (Å²) >= 11 is 0.247. The van der Waals surface area contributed by atoms with Crippen LogP contribution in [0.25, 0.3) is 95.8 Å². The summed E-state index contributed by atoms with van der Waals surface area (Å²) in [5.74, 6) is 0. The van der Waals surface area contributed by atoms with Crippen LogP contribution in [0.1, 0.15) is 5.56 Å². The molecule has 0 saturated heterocycles. The summed E-state index contributed by atoms with van der Waals surface area (Å²) in [4.78, 5) is 0. The quantitative estimate of drug-likeness (QED) is 0.129. The predicted octanol–water partition coefficient (Wildman–Crippen LogP) is 13.0. The number of rotatable bonds is 3. The summed E-state index contributed by atoms with van der Waals surface area (Å²) in [6, 6.07) is 61.0. The number of hydrogen-bond acceptors (Lipinski definition) is 0. The van der Waals surface area contributed by atoms with Crippen molar-refractivity contribution < 1.29 is 0 Å². The molecule has 0 radical (unpaired) electrons. The summed E-state index contributed by atoms with van der Waals surface area (Å²) < 4.78 is 2.93. The zero-order chi connectivity index (χ0) is 31.8. The van der Waals surface area contributed by atoms with Crippen LogP contribution in [0.2, 0.25) is 0 Å². The number of benzene rings is 9. The molecule has 10 aromatic rings. The van der Waals surface area contributed by atoms with Crippen LogP contribution in [0.3, 0.4) is 0 Å². The van der Waals surface area contributed by atoms with Crippen molar-refractivity contribution in [3.8, 4) is 33.4 Å². The molecule has 0 saturated carbocycles. The van der Waals surface area contributed by atoms with Crippen LogP contribution >= 0.6 is 0 Å². The van der Waals surface area contributed by atoms with Crippen LogP contribution < -0.4 is 0 Å². The molecular formula is C47H30Se. The van der Waals surface area contributed by atoms with Gasteiger partial charge in [-0.15, -0.1) is 0 Å². The Morgan fingerprint density at radius 1 is 0.333 bits per heavy atom. The van der Waals surface area contributed by atoms with E-state index in [1.807, 2.05) is 0 Å². The SMILES string of the molecule is Cc1c2ccccc2c(-c2cccc3[se]c4ccc(-c5c6ccccc6c(-c6ccccc6)c6ccccc56)cc4c23)c2ccccc12. The predicted molar refractivity (Wildman–Crippen MR) is 209 cm³/mol. The molecule has 0 spiro atoms. The second-order valence-electron chi connectivity index (χ2n) is 12.8. The molecule has 0 bridgehead atoms. The third kappa shape index (κ3) is 4.02. The molecule has 224 valence electrons. The normalized spacial score (nSPS) is 11.9. The Bertz CT molecular complexity index is 2780. The molecule has 0 fully saturated rings. The molecule has 48 heavy (non-hydrogen) atoms. The standard InChI is InChI=1S/C47H30Se/c1-29-32-16-5-7-18-34(32)46(35-19-8-6-17-33(29)35)40-24-13-25-43-47(40)41-28-31(26-27-42(41)48-43)45-38-22-11-9-20-36(38)44(30-14-3-2-4-15-30)37-21-10-12-23-39(37)45/h2-28H,1H3. The molecule has 0 unspecified atom stereocenters. The first-order valence-electron chi connectivity index (χ1n) is 16.6. The van der Waals surface area contributed by atoms with Gasteiger partial charge in [0.15, 0.2) is 0 Å². The minimum atomic E-state index is 0.247. The van der Waals surface area contributed by atoms with E-state index < -0.39 is 0 Å². The van der Waals surface area contributed by atoms with Gasteiger partial charge < -0.3 is 0 Å². The Balaban J connectivity index is 1.31. The first kappa shape index (κ1) is 27.6. The molecule has 1 heteroatoms. The summed E-state index contributed by atoms with van der Waals surface area (Å²) in [6.07, 6.45) is 0. The van der Waals surface area contributed by atoms with E-state index in [1.54, 1.807) is 0 Å². The van der Waals surface area contributed by atoms with Crippen molar-refractivity contribution >= 4 is 76.9 Å². The number of hydrogen-bond donors (Lipinski definition) is 0. The van der Waals surface area contributed by atoms with Crippen LogP contribution in [0.5, 0.6) is 0 Å². The van der Waals surface area contributed by atoms with E-state index in [1.165, 1.54) is 101 Å². The molecule has 10 rings (SSSR count). The molecule has 0 nitrogen and oxygen atoms in total. The van der Waals surface area contributed by atoms with E-state index in [2.05, 4.69) is 171 Å². The topological polar surface area (TPSA) is 0 Å². The van der Waals surface area contributed by atoms with Crippen LogP contribution in [0, 0.1) is 6.92 Å². The van der Waals surface area contributed by atoms with Crippen molar-refractivity contribution in [1.29, 1.82) is 0 Å². The van der Waals surface area contributed by atoms with Gasteiger partial charge in [-0.2, -0.15) is 0 Å². The van der Waals surface area contributed by atoms with E-state index in [-0.39, 0.29) is 14.5 Å². The zero-order valence-corrected chi connectivity index (χ0v) is 28.2. The van der Waals surface area contributed by atoms with Crippen LogP contribution in [0.15, 0.2) is 164 Å². The number of fused-ring (bicyclic) bond motifs is 7. The van der Waals surface area contributed by atoms with Gasteiger partial charge in [0.05, 0.1) is 0 Å². The average Bonchev–Trinajstić information content (AvgIpc) is 3.53. The van der Waals surface area contributed by atoms with Crippen molar-refractivity contribution in [2.75, 3.05) is 0 Å². The first-order chi connectivity index (χ1) is 23.8.